The average molecular weight is 162 g/mol. The molecular weight excluding hydrogens is 152 g/mol. The van der Waals surface area contributed by atoms with Crippen LogP contribution in [0.4, 0.5) is 0 Å². The number of nitrogens with one attached hydrogen (secondary N) is 1. The van der Waals surface area contributed by atoms with E-state index in [2.05, 4.69) is 9.71 Å². The van der Waals surface area contributed by atoms with Gasteiger partial charge in [0, 0.05) is 0 Å². The van der Waals surface area contributed by atoms with Crippen molar-refractivity contribution < 1.29 is 9.66 Å². The molecule has 1 heterocycles. The van der Waals surface area contributed by atoms with E-state index in [-0.39, 0.29) is 17.3 Å². The minimum atomic E-state index is -1.46. The van der Waals surface area contributed by atoms with Crippen molar-refractivity contribution in [3.05, 3.63) is 0 Å². The van der Waals surface area contributed by atoms with Crippen molar-refractivity contribution in [1.82, 2.24) is 4.72 Å². The Balaban J connectivity index is 2.56. The second-order valence-electron chi connectivity index (χ2n) is 2.49. The largest absolute Gasteiger partial charge is 0.589 e. The Labute approximate surface area is 62.7 Å². The maximum atomic E-state index is 10.7. The highest BCUT2D eigenvalue weighted by atomic mass is 32.2. The number of hydrogen-bond donors (Lipinski definition) is 2. The van der Waals surface area contributed by atoms with Crippen LogP contribution in [0.15, 0.2) is 4.99 Å². The fourth-order valence-electron chi connectivity index (χ4n) is 0.641. The smallest absolute Gasteiger partial charge is 0.426 e. The van der Waals surface area contributed by atoms with Gasteiger partial charge in [-0.25, -0.2) is 0 Å². The fraction of sp³-hybridized carbons (Fsp3) is 0.800. The van der Waals surface area contributed by atoms with Gasteiger partial charge in [0.1, 0.15) is 11.4 Å². The molecule has 0 radical (unpaired) electrons. The van der Waals surface area contributed by atoms with Crippen molar-refractivity contribution in [2.24, 2.45) is 10.9 Å². The summed E-state index contributed by atoms with van der Waals surface area (Å²) in [5, 5.41) is 8.51. The van der Waals surface area contributed by atoms with Crippen molar-refractivity contribution in [2.45, 2.75) is 20.0 Å². The minimum absolute atomic E-state index is 0.194. The molecule has 1 rings (SSSR count). The van der Waals surface area contributed by atoms with Crippen LogP contribution in [0.25, 0.3) is 0 Å². The van der Waals surface area contributed by atoms with Gasteiger partial charge in [-0.05, 0) is 5.92 Å². The zero-order valence-electron chi connectivity index (χ0n) is 5.87. The number of nitrogens with zero attached hydrogens (tertiary/aromatic N) is 1. The highest BCUT2D eigenvalue weighted by Crippen LogP contribution is 2.11. The van der Waals surface area contributed by atoms with E-state index < -0.39 is 11.4 Å². The van der Waals surface area contributed by atoms with Crippen molar-refractivity contribution in [2.75, 3.05) is 0 Å². The summed E-state index contributed by atoms with van der Waals surface area (Å²) < 4.78 is 13.3. The molecule has 0 fully saturated rings. The molecule has 10 heavy (non-hydrogen) atoms. The molecular formula is C5H10N2O2S. The molecule has 4 nitrogen and oxygen atoms in total. The predicted octanol–water partition coefficient (Wildman–Crippen LogP) is 0.149. The molecule has 2 unspecified atom stereocenters. The summed E-state index contributed by atoms with van der Waals surface area (Å²) in [6, 6.07) is 0. The van der Waals surface area contributed by atoms with Gasteiger partial charge in [-0.3, -0.25) is 0 Å². The van der Waals surface area contributed by atoms with Gasteiger partial charge in [-0.1, -0.05) is 13.8 Å². The average Bonchev–Trinajstić information content (AvgIpc) is 2.13. The van der Waals surface area contributed by atoms with Crippen molar-refractivity contribution in [3.63, 3.8) is 0 Å². The van der Waals surface area contributed by atoms with Crippen LogP contribution >= 0.6 is 0 Å². The third kappa shape index (κ3) is 1.42. The summed E-state index contributed by atoms with van der Waals surface area (Å²) in [5.74, 6) is 0.258. The van der Waals surface area contributed by atoms with Crippen molar-refractivity contribution in [1.29, 1.82) is 0 Å². The maximum absolute atomic E-state index is 10.7. The van der Waals surface area contributed by atoms with Crippen LogP contribution in [0.5, 0.6) is 0 Å². The summed E-state index contributed by atoms with van der Waals surface area (Å²) in [6.07, 6.45) is -0.194. The monoisotopic (exact) mass is 162 g/mol. The van der Waals surface area contributed by atoms with E-state index >= 15 is 0 Å². The van der Waals surface area contributed by atoms with Crippen LogP contribution in [-0.4, -0.2) is 21.1 Å². The van der Waals surface area contributed by atoms with Gasteiger partial charge in [-0.2, -0.15) is 4.99 Å². The highest BCUT2D eigenvalue weighted by molar-refractivity contribution is 8.04. The van der Waals surface area contributed by atoms with E-state index in [1.54, 1.807) is 0 Å². The Bertz CT molecular complexity index is 160. The predicted molar refractivity (Wildman–Crippen MR) is 40.0 cm³/mol. The van der Waals surface area contributed by atoms with Crippen LogP contribution in [0.3, 0.4) is 0 Å². The zero-order valence-corrected chi connectivity index (χ0v) is 6.68. The quantitative estimate of drug-likeness (QED) is 0.539. The second-order valence-corrected chi connectivity index (χ2v) is 3.63. The Morgan fingerprint density at radius 2 is 2.40 bits per heavy atom. The Hall–Kier alpha value is -0.260. The molecule has 58 valence electrons. The molecule has 1 aliphatic heterocycles. The van der Waals surface area contributed by atoms with Gasteiger partial charge in [0.25, 0.3) is 0 Å². The van der Waals surface area contributed by atoms with Crippen molar-refractivity contribution >= 4 is 16.6 Å². The summed E-state index contributed by atoms with van der Waals surface area (Å²) in [4.78, 5) is 3.73. The minimum Gasteiger partial charge on any atom is -0.589 e. The number of hydrogen-bond acceptors (Lipinski definition) is 3. The summed E-state index contributed by atoms with van der Waals surface area (Å²) in [6.45, 7) is 3.88. The lowest BCUT2D eigenvalue weighted by Gasteiger charge is -2.08. The lowest BCUT2D eigenvalue weighted by molar-refractivity contribution is 0.472. The molecule has 5 heteroatoms. The Morgan fingerprint density at radius 3 is 2.60 bits per heavy atom. The maximum Gasteiger partial charge on any atom is 0.426 e. The summed E-state index contributed by atoms with van der Waals surface area (Å²) >= 11 is -1.46. The van der Waals surface area contributed by atoms with Gasteiger partial charge in [0.2, 0.25) is 0 Å². The van der Waals surface area contributed by atoms with Gasteiger partial charge in [-0.15, -0.1) is 4.72 Å². The van der Waals surface area contributed by atoms with Crippen LogP contribution < -0.4 is 4.72 Å². The molecule has 0 aromatic heterocycles. The number of aliphatic imine (C=N–C) groups is 1. The van der Waals surface area contributed by atoms with Gasteiger partial charge in [0.05, 0.1) is 0 Å². The molecule has 0 amide bonds. The van der Waals surface area contributed by atoms with Crippen LogP contribution in [0, 0.1) is 5.92 Å². The van der Waals surface area contributed by atoms with Crippen LogP contribution in [0.1, 0.15) is 13.8 Å². The number of aliphatic hydroxyl groups is 1. The normalized spacial score (nSPS) is 33.0. The SMILES string of the molecule is CC(C)C1N=C(O)[S+]([O-])N1. The van der Waals surface area contributed by atoms with Crippen LogP contribution in [0.2, 0.25) is 0 Å². The molecule has 0 aromatic carbocycles. The molecule has 0 saturated carbocycles. The van der Waals surface area contributed by atoms with Crippen molar-refractivity contribution in [3.8, 4) is 0 Å². The standard InChI is InChI=1S/C5H10N2O2S/c1-3(2)4-6-5(8)10(9)7-4/h3-4,7H,1-2H3,(H,6,8). The molecule has 0 saturated heterocycles. The van der Waals surface area contributed by atoms with E-state index in [4.69, 9.17) is 5.11 Å². The van der Waals surface area contributed by atoms with E-state index in [0.717, 1.165) is 0 Å². The van der Waals surface area contributed by atoms with E-state index in [1.807, 2.05) is 13.8 Å². The molecule has 0 spiro atoms. The molecule has 2 atom stereocenters. The first-order valence-corrected chi connectivity index (χ1v) is 4.21. The summed E-state index contributed by atoms with van der Waals surface area (Å²) in [7, 11) is 0. The highest BCUT2D eigenvalue weighted by Gasteiger charge is 2.32. The molecule has 0 aromatic rings. The first-order chi connectivity index (χ1) is 4.61. The molecule has 1 aliphatic rings. The first-order valence-electron chi connectivity index (χ1n) is 3.06. The van der Waals surface area contributed by atoms with Crippen LogP contribution in [-0.2, 0) is 11.4 Å². The topological polar surface area (TPSA) is 67.7 Å². The Morgan fingerprint density at radius 1 is 1.80 bits per heavy atom. The number of rotatable bonds is 1. The Kier molecular flexibility index (Phi) is 2.18. The van der Waals surface area contributed by atoms with Gasteiger partial charge in [0.15, 0.2) is 6.17 Å². The molecule has 2 N–H and O–H groups in total. The zero-order chi connectivity index (χ0) is 7.72. The lowest BCUT2D eigenvalue weighted by atomic mass is 10.2. The van der Waals surface area contributed by atoms with Gasteiger partial charge >= 0.3 is 5.23 Å². The van der Waals surface area contributed by atoms with Gasteiger partial charge < -0.3 is 9.66 Å². The lowest BCUT2D eigenvalue weighted by Crippen LogP contribution is -2.32. The van der Waals surface area contributed by atoms with E-state index in [0.29, 0.717) is 0 Å². The van der Waals surface area contributed by atoms with E-state index in [1.165, 1.54) is 0 Å². The number of aliphatic hydroxyl groups excluding tert-OH is 1. The fourth-order valence-corrected chi connectivity index (χ4v) is 1.50. The molecule has 0 aliphatic carbocycles. The third-order valence-corrected chi connectivity index (χ3v) is 2.17. The second kappa shape index (κ2) is 2.77. The molecule has 0 bridgehead atoms. The first kappa shape index (κ1) is 7.84. The third-order valence-electron chi connectivity index (χ3n) is 1.27. The summed E-state index contributed by atoms with van der Waals surface area (Å²) in [5.41, 5.74) is 0. The van der Waals surface area contributed by atoms with E-state index in [9.17, 15) is 4.55 Å².